The molecule has 0 bridgehead atoms. The van der Waals surface area contributed by atoms with Gasteiger partial charge in [-0.3, -0.25) is 4.79 Å². The predicted molar refractivity (Wildman–Crippen MR) is 106 cm³/mol. The van der Waals surface area contributed by atoms with E-state index in [4.69, 9.17) is 0 Å². The van der Waals surface area contributed by atoms with Crippen LogP contribution >= 0.6 is 0 Å². The minimum Gasteiger partial charge on any atom is -0.356 e. The molecule has 0 aliphatic rings. The first-order valence-corrected chi connectivity index (χ1v) is 10.3. The maximum Gasteiger partial charge on any atom is 0.486 e. The van der Waals surface area contributed by atoms with E-state index in [1.807, 2.05) is 14.1 Å². The van der Waals surface area contributed by atoms with Crippen LogP contribution in [0.4, 0.5) is 0 Å². The smallest absolute Gasteiger partial charge is 0.356 e. The Morgan fingerprint density at radius 3 is 1.96 bits per heavy atom. The van der Waals surface area contributed by atoms with Crippen LogP contribution in [0.5, 0.6) is 0 Å². The van der Waals surface area contributed by atoms with Gasteiger partial charge in [-0.15, -0.1) is 0 Å². The van der Waals surface area contributed by atoms with Crippen LogP contribution in [-0.4, -0.2) is 61.8 Å². The van der Waals surface area contributed by atoms with E-state index in [1.165, 1.54) is 52.0 Å². The van der Waals surface area contributed by atoms with Crippen molar-refractivity contribution in [2.75, 3.05) is 40.8 Å². The zero-order chi connectivity index (χ0) is 19.8. The van der Waals surface area contributed by atoms with E-state index >= 15 is 0 Å². The first kappa shape index (κ1) is 24.7. The molecule has 0 rings (SSSR count). The second-order valence-corrected chi connectivity index (χ2v) is 7.99. The third-order valence-electron chi connectivity index (χ3n) is 4.68. The summed E-state index contributed by atoms with van der Waals surface area (Å²) in [6.07, 6.45) is 12.7. The molecule has 0 aromatic rings. The number of amides is 2. The van der Waals surface area contributed by atoms with Gasteiger partial charge in [-0.05, 0) is 6.42 Å². The molecule has 0 heterocycles. The highest BCUT2D eigenvalue weighted by molar-refractivity contribution is 5.75. The van der Waals surface area contributed by atoms with Crippen molar-refractivity contribution in [3.8, 4) is 0 Å². The van der Waals surface area contributed by atoms with Crippen molar-refractivity contribution in [3.63, 3.8) is 0 Å². The van der Waals surface area contributed by atoms with Crippen LogP contribution in [0.1, 0.15) is 77.6 Å². The van der Waals surface area contributed by atoms with Crippen LogP contribution in [0.25, 0.3) is 0 Å². The first-order valence-electron chi connectivity index (χ1n) is 10.3. The fourth-order valence-electron chi connectivity index (χ4n) is 2.96. The highest BCUT2D eigenvalue weighted by atomic mass is 16.3. The topological polar surface area (TPSA) is 66.2 Å². The van der Waals surface area contributed by atoms with Gasteiger partial charge < -0.3 is 9.80 Å². The van der Waals surface area contributed by atoms with E-state index in [9.17, 15) is 14.5 Å². The summed E-state index contributed by atoms with van der Waals surface area (Å²) in [5, 5.41) is 2.95. The Kier molecular flexibility index (Phi) is 14.1. The van der Waals surface area contributed by atoms with Gasteiger partial charge in [0, 0.05) is 24.3 Å². The van der Waals surface area contributed by atoms with Gasteiger partial charge in [0.1, 0.15) is 0 Å². The normalized spacial score (nSPS) is 11.4. The van der Waals surface area contributed by atoms with E-state index in [0.717, 1.165) is 25.8 Å². The minimum atomic E-state index is -0.413. The largest absolute Gasteiger partial charge is 0.486 e. The van der Waals surface area contributed by atoms with Gasteiger partial charge in [-0.25, -0.2) is 4.79 Å². The summed E-state index contributed by atoms with van der Waals surface area (Å²) >= 11 is 0. The number of nitrogens with one attached hydrogen (secondary N) is 1. The monoisotopic (exact) mass is 371 g/mol. The Hall–Kier alpha value is -1.30. The fraction of sp³-hybridized carbons (Fsp3) is 0.900. The van der Waals surface area contributed by atoms with Crippen molar-refractivity contribution >= 4 is 11.8 Å². The molecule has 0 saturated carbocycles. The van der Waals surface area contributed by atoms with Crippen LogP contribution in [0.3, 0.4) is 0 Å². The standard InChI is InChI=1S/C20H40N3O3/c1-5-6-7-8-9-10-11-12-13-15-19(24)21-16-14-17-23(3,4)18-20(25)22(2)26/h5-18H2,1-4H3/q+1/p+1. The van der Waals surface area contributed by atoms with Crippen LogP contribution in [0.15, 0.2) is 0 Å². The third-order valence-corrected chi connectivity index (χ3v) is 4.68. The second-order valence-electron chi connectivity index (χ2n) is 7.99. The van der Waals surface area contributed by atoms with E-state index in [1.54, 1.807) is 0 Å². The van der Waals surface area contributed by atoms with Crippen molar-refractivity contribution in [1.82, 2.24) is 5.32 Å². The van der Waals surface area contributed by atoms with Gasteiger partial charge in [0.05, 0.1) is 25.4 Å². The van der Waals surface area contributed by atoms with Crippen molar-refractivity contribution in [2.24, 2.45) is 0 Å². The molecule has 2 amide bonds. The number of quaternary nitrogens is 1. The number of unbranched alkanes of at least 4 members (excludes halogenated alkanes) is 8. The Balaban J connectivity index is 3.57. The molecule has 6 nitrogen and oxygen atoms in total. The van der Waals surface area contributed by atoms with Gasteiger partial charge in [-0.1, -0.05) is 58.3 Å². The minimum absolute atomic E-state index is 0.119. The number of likely N-dealkylation sites (N-methyl/N-ethyl adjacent to an activating group) is 2. The summed E-state index contributed by atoms with van der Waals surface area (Å²) < 4.78 is 0.840. The van der Waals surface area contributed by atoms with Gasteiger partial charge >= 0.3 is 5.91 Å². The quantitative estimate of drug-likeness (QED) is 0.257. The van der Waals surface area contributed by atoms with Gasteiger partial charge in [0.2, 0.25) is 12.5 Å². The highest BCUT2D eigenvalue weighted by Gasteiger charge is 2.28. The molecule has 0 aromatic carbocycles. The van der Waals surface area contributed by atoms with Crippen LogP contribution < -0.4 is 5.32 Å². The molecule has 1 N–H and O–H groups in total. The number of nitrogens with zero attached hydrogens (tertiary/aromatic N) is 2. The lowest BCUT2D eigenvalue weighted by molar-refractivity contribution is -0.885. The summed E-state index contributed by atoms with van der Waals surface area (Å²) in [6.45, 7) is 3.80. The van der Waals surface area contributed by atoms with Crippen LogP contribution in [0, 0.1) is 4.91 Å². The Morgan fingerprint density at radius 2 is 1.42 bits per heavy atom. The molecule has 0 aliphatic carbocycles. The van der Waals surface area contributed by atoms with E-state index in [-0.39, 0.29) is 12.5 Å². The molecule has 0 atom stereocenters. The number of rotatable bonds is 16. The summed E-state index contributed by atoms with van der Waals surface area (Å²) in [7, 11) is 5.08. The lowest BCUT2D eigenvalue weighted by Gasteiger charge is -2.26. The molecule has 0 aliphatic heterocycles. The van der Waals surface area contributed by atoms with Crippen molar-refractivity contribution in [1.29, 1.82) is 0 Å². The van der Waals surface area contributed by atoms with Crippen LogP contribution in [0.2, 0.25) is 0 Å². The lowest BCUT2D eigenvalue weighted by Crippen LogP contribution is -2.47. The molecular formula is C20H41N3O3+2. The highest BCUT2D eigenvalue weighted by Crippen LogP contribution is 2.10. The average Bonchev–Trinajstić information content (AvgIpc) is 2.56. The lowest BCUT2D eigenvalue weighted by atomic mass is 10.1. The second kappa shape index (κ2) is 14.8. The molecule has 0 radical (unpaired) electrons. The van der Waals surface area contributed by atoms with Crippen molar-refractivity contribution < 1.29 is 18.8 Å². The van der Waals surface area contributed by atoms with Gasteiger partial charge in [-0.2, -0.15) is 0 Å². The Morgan fingerprint density at radius 1 is 0.885 bits per heavy atom. The van der Waals surface area contributed by atoms with E-state index < -0.39 is 5.91 Å². The Labute approximate surface area is 159 Å². The van der Waals surface area contributed by atoms with Gasteiger partial charge in [0.15, 0.2) is 7.05 Å². The predicted octanol–water partition coefficient (Wildman–Crippen LogP) is 3.43. The summed E-state index contributed by atoms with van der Waals surface area (Å²) in [4.78, 5) is 34.3. The van der Waals surface area contributed by atoms with Gasteiger partial charge in [0.25, 0.3) is 0 Å². The molecule has 0 saturated heterocycles. The summed E-state index contributed by atoms with van der Waals surface area (Å²) in [5.74, 6) is -0.294. The summed E-state index contributed by atoms with van der Waals surface area (Å²) in [6, 6.07) is 0. The number of hydrogen-bond donors (Lipinski definition) is 1. The molecule has 26 heavy (non-hydrogen) atoms. The number of hydrogen-bond acceptors (Lipinski definition) is 3. The number of nitroso groups, excluding NO2 is 1. The molecule has 0 fully saturated rings. The molecule has 0 spiro atoms. The fourth-order valence-corrected chi connectivity index (χ4v) is 2.96. The maximum atomic E-state index is 11.8. The maximum absolute atomic E-state index is 11.8. The number of carbonyl (C=O) groups excluding carboxylic acids is 2. The van der Waals surface area contributed by atoms with Crippen molar-refractivity contribution in [3.05, 3.63) is 4.91 Å². The van der Waals surface area contributed by atoms with E-state index in [0.29, 0.717) is 22.2 Å². The molecule has 152 valence electrons. The SMILES string of the molecule is CCCCCCCCCCCC(=O)NCCC[N+](C)(C)CC(=O)[N+](C)=O. The molecular weight excluding hydrogens is 330 g/mol. The Bertz CT molecular complexity index is 423. The third kappa shape index (κ3) is 15.0. The van der Waals surface area contributed by atoms with E-state index in [2.05, 4.69) is 12.2 Å². The summed E-state index contributed by atoms with van der Waals surface area (Å²) in [5.41, 5.74) is 0. The molecule has 0 unspecified atom stereocenters. The molecule has 6 heteroatoms. The number of carbonyl (C=O) groups is 2. The zero-order valence-electron chi connectivity index (χ0n) is 17.5. The molecule has 0 aromatic heterocycles. The first-order chi connectivity index (χ1) is 12.3. The van der Waals surface area contributed by atoms with Crippen molar-refractivity contribution in [2.45, 2.75) is 77.6 Å². The zero-order valence-corrected chi connectivity index (χ0v) is 17.5. The average molecular weight is 372 g/mol. The van der Waals surface area contributed by atoms with Crippen LogP contribution in [-0.2, 0) is 9.59 Å².